The Morgan fingerprint density at radius 1 is 1.50 bits per heavy atom. The lowest BCUT2D eigenvalue weighted by Crippen LogP contribution is -2.16. The molecular formula is C14H19NO3. The number of hydrogen-bond acceptors (Lipinski definition) is 4. The van der Waals surface area contributed by atoms with Crippen molar-refractivity contribution in [1.82, 2.24) is 0 Å². The Labute approximate surface area is 107 Å². The molecule has 0 saturated heterocycles. The van der Waals surface area contributed by atoms with Crippen molar-refractivity contribution in [1.29, 1.82) is 0 Å². The molecule has 98 valence electrons. The standard InChI is InChI=1S/C14H19NO3/c1-3-8-15-13-6-4-12(5-7-13)9-14(17)18-10-11(2)16/h3-7,11,15-16H,1,8-10H2,2H3. The Kier molecular flexibility index (Phi) is 5.94. The third-order valence-electron chi connectivity index (χ3n) is 2.24. The van der Waals surface area contributed by atoms with E-state index < -0.39 is 6.10 Å². The maximum atomic E-state index is 11.4. The first-order valence-electron chi connectivity index (χ1n) is 5.89. The van der Waals surface area contributed by atoms with Crippen molar-refractivity contribution in [2.24, 2.45) is 0 Å². The molecule has 2 N–H and O–H groups in total. The van der Waals surface area contributed by atoms with E-state index in [1.165, 1.54) is 0 Å². The molecule has 1 aromatic carbocycles. The summed E-state index contributed by atoms with van der Waals surface area (Å²) in [5, 5.41) is 12.1. The van der Waals surface area contributed by atoms with Crippen LogP contribution in [-0.4, -0.2) is 30.3 Å². The summed E-state index contributed by atoms with van der Waals surface area (Å²) in [4.78, 5) is 11.4. The van der Waals surface area contributed by atoms with E-state index >= 15 is 0 Å². The minimum atomic E-state index is -0.626. The second-order valence-corrected chi connectivity index (χ2v) is 4.08. The summed E-state index contributed by atoms with van der Waals surface area (Å²) in [5.41, 5.74) is 1.87. The van der Waals surface area contributed by atoms with Crippen LogP contribution in [0.1, 0.15) is 12.5 Å². The van der Waals surface area contributed by atoms with Gasteiger partial charge in [-0.2, -0.15) is 0 Å². The molecule has 0 spiro atoms. The first-order chi connectivity index (χ1) is 8.61. The van der Waals surface area contributed by atoms with E-state index in [9.17, 15) is 4.79 Å². The molecule has 1 unspecified atom stereocenters. The molecule has 0 aromatic heterocycles. The molecule has 18 heavy (non-hydrogen) atoms. The Morgan fingerprint density at radius 3 is 2.72 bits per heavy atom. The zero-order valence-electron chi connectivity index (χ0n) is 10.6. The summed E-state index contributed by atoms with van der Waals surface area (Å²) in [7, 11) is 0. The lowest BCUT2D eigenvalue weighted by atomic mass is 10.1. The van der Waals surface area contributed by atoms with Crippen LogP contribution in [0.4, 0.5) is 5.69 Å². The number of carbonyl (C=O) groups excluding carboxylic acids is 1. The highest BCUT2D eigenvalue weighted by Gasteiger charge is 2.06. The predicted molar refractivity (Wildman–Crippen MR) is 71.5 cm³/mol. The van der Waals surface area contributed by atoms with E-state index in [1.54, 1.807) is 13.0 Å². The van der Waals surface area contributed by atoms with Gasteiger partial charge in [-0.25, -0.2) is 0 Å². The van der Waals surface area contributed by atoms with Crippen molar-refractivity contribution in [3.05, 3.63) is 42.5 Å². The third kappa shape index (κ3) is 5.50. The van der Waals surface area contributed by atoms with E-state index in [2.05, 4.69) is 11.9 Å². The fraction of sp³-hybridized carbons (Fsp3) is 0.357. The minimum absolute atomic E-state index is 0.0395. The summed E-state index contributed by atoms with van der Waals surface area (Å²) in [6.07, 6.45) is 1.37. The molecule has 0 bridgehead atoms. The first kappa shape index (κ1) is 14.3. The molecule has 0 fully saturated rings. The number of ether oxygens (including phenoxy) is 1. The molecule has 1 aromatic rings. The van der Waals surface area contributed by atoms with Crippen LogP contribution in [0.15, 0.2) is 36.9 Å². The van der Waals surface area contributed by atoms with Gasteiger partial charge in [0.2, 0.25) is 0 Å². The van der Waals surface area contributed by atoms with Gasteiger partial charge in [0, 0.05) is 12.2 Å². The lowest BCUT2D eigenvalue weighted by molar-refractivity contribution is -0.145. The normalized spacial score (nSPS) is 11.7. The van der Waals surface area contributed by atoms with Crippen LogP contribution in [0.2, 0.25) is 0 Å². The molecule has 0 amide bonds. The summed E-state index contributed by atoms with van der Waals surface area (Å²) < 4.78 is 4.88. The van der Waals surface area contributed by atoms with E-state index in [0.717, 1.165) is 11.3 Å². The smallest absolute Gasteiger partial charge is 0.310 e. The van der Waals surface area contributed by atoms with Crippen molar-refractivity contribution < 1.29 is 14.6 Å². The SMILES string of the molecule is C=CCNc1ccc(CC(=O)OCC(C)O)cc1. The van der Waals surface area contributed by atoms with Gasteiger partial charge in [0.1, 0.15) is 6.61 Å². The molecule has 0 heterocycles. The molecule has 0 radical (unpaired) electrons. The molecule has 0 aliphatic rings. The number of esters is 1. The molecular weight excluding hydrogens is 230 g/mol. The number of anilines is 1. The monoisotopic (exact) mass is 249 g/mol. The maximum absolute atomic E-state index is 11.4. The van der Waals surface area contributed by atoms with Crippen molar-refractivity contribution in [3.63, 3.8) is 0 Å². The quantitative estimate of drug-likeness (QED) is 0.571. The van der Waals surface area contributed by atoms with Gasteiger partial charge in [-0.15, -0.1) is 6.58 Å². The Morgan fingerprint density at radius 2 is 2.17 bits per heavy atom. The van der Waals surface area contributed by atoms with Crippen LogP contribution in [0.25, 0.3) is 0 Å². The van der Waals surface area contributed by atoms with Crippen LogP contribution in [0.3, 0.4) is 0 Å². The fourth-order valence-electron chi connectivity index (χ4n) is 1.36. The average molecular weight is 249 g/mol. The Balaban J connectivity index is 2.42. The minimum Gasteiger partial charge on any atom is -0.463 e. The van der Waals surface area contributed by atoms with Gasteiger partial charge in [0.05, 0.1) is 12.5 Å². The number of nitrogens with one attached hydrogen (secondary N) is 1. The summed E-state index contributed by atoms with van der Waals surface area (Å²) in [6, 6.07) is 7.55. The van der Waals surface area contributed by atoms with Crippen molar-refractivity contribution in [2.45, 2.75) is 19.4 Å². The van der Waals surface area contributed by atoms with Crippen LogP contribution >= 0.6 is 0 Å². The van der Waals surface area contributed by atoms with Gasteiger partial charge in [-0.05, 0) is 24.6 Å². The maximum Gasteiger partial charge on any atom is 0.310 e. The van der Waals surface area contributed by atoms with Crippen LogP contribution in [0, 0.1) is 0 Å². The number of aliphatic hydroxyl groups is 1. The number of rotatable bonds is 7. The number of carbonyl (C=O) groups is 1. The highest BCUT2D eigenvalue weighted by atomic mass is 16.5. The topological polar surface area (TPSA) is 58.6 Å². The fourth-order valence-corrected chi connectivity index (χ4v) is 1.36. The zero-order chi connectivity index (χ0) is 13.4. The van der Waals surface area contributed by atoms with Crippen molar-refractivity contribution in [2.75, 3.05) is 18.5 Å². The van der Waals surface area contributed by atoms with Gasteiger partial charge < -0.3 is 15.2 Å². The van der Waals surface area contributed by atoms with Crippen LogP contribution < -0.4 is 5.32 Å². The second-order valence-electron chi connectivity index (χ2n) is 4.08. The molecule has 1 rings (SSSR count). The number of benzene rings is 1. The first-order valence-corrected chi connectivity index (χ1v) is 5.89. The predicted octanol–water partition coefficient (Wildman–Crippen LogP) is 1.75. The van der Waals surface area contributed by atoms with Crippen LogP contribution in [0.5, 0.6) is 0 Å². The largest absolute Gasteiger partial charge is 0.463 e. The number of hydrogen-bond donors (Lipinski definition) is 2. The van der Waals surface area contributed by atoms with Crippen molar-refractivity contribution in [3.8, 4) is 0 Å². The van der Waals surface area contributed by atoms with Gasteiger partial charge in [0.25, 0.3) is 0 Å². The van der Waals surface area contributed by atoms with Gasteiger partial charge in [-0.3, -0.25) is 4.79 Å². The Bertz CT molecular complexity index is 385. The molecule has 4 heteroatoms. The highest BCUT2D eigenvalue weighted by molar-refractivity contribution is 5.72. The summed E-state index contributed by atoms with van der Waals surface area (Å²) in [5.74, 6) is -0.331. The summed E-state index contributed by atoms with van der Waals surface area (Å²) >= 11 is 0. The van der Waals surface area contributed by atoms with E-state index in [1.807, 2.05) is 24.3 Å². The van der Waals surface area contributed by atoms with Gasteiger partial charge in [-0.1, -0.05) is 18.2 Å². The third-order valence-corrected chi connectivity index (χ3v) is 2.24. The van der Waals surface area contributed by atoms with Crippen LogP contribution in [-0.2, 0) is 16.0 Å². The molecule has 0 saturated carbocycles. The molecule has 1 atom stereocenters. The summed E-state index contributed by atoms with van der Waals surface area (Å²) in [6.45, 7) is 5.94. The van der Waals surface area contributed by atoms with Gasteiger partial charge >= 0.3 is 5.97 Å². The van der Waals surface area contributed by atoms with E-state index in [0.29, 0.717) is 6.54 Å². The molecule has 4 nitrogen and oxygen atoms in total. The number of aliphatic hydroxyl groups excluding tert-OH is 1. The second kappa shape index (κ2) is 7.50. The average Bonchev–Trinajstić information content (AvgIpc) is 2.35. The van der Waals surface area contributed by atoms with Crippen molar-refractivity contribution >= 4 is 11.7 Å². The molecule has 0 aliphatic carbocycles. The van der Waals surface area contributed by atoms with E-state index in [4.69, 9.17) is 9.84 Å². The van der Waals surface area contributed by atoms with Gasteiger partial charge in [0.15, 0.2) is 0 Å². The zero-order valence-corrected chi connectivity index (χ0v) is 10.6. The highest BCUT2D eigenvalue weighted by Crippen LogP contribution is 2.10. The lowest BCUT2D eigenvalue weighted by Gasteiger charge is -2.07. The molecule has 0 aliphatic heterocycles. The Hall–Kier alpha value is -1.81. The van der Waals surface area contributed by atoms with E-state index in [-0.39, 0.29) is 19.0 Å².